The number of nitrogens with zero attached hydrogens (tertiary/aromatic N) is 1. The zero-order valence-electron chi connectivity index (χ0n) is 20.2. The van der Waals surface area contributed by atoms with E-state index in [2.05, 4.69) is 34.5 Å². The molecule has 0 saturated carbocycles. The van der Waals surface area contributed by atoms with Crippen LogP contribution < -0.4 is 19.5 Å². The summed E-state index contributed by atoms with van der Waals surface area (Å²) < 4.78 is 22.5. The average Bonchev–Trinajstić information content (AvgIpc) is 2.89. The molecule has 0 amide bonds. The SMILES string of the molecule is COc1cc(CNCc2ccc(CN3CCOCC3)cc2)ccc1OCCOc1ccccc1Cl. The van der Waals surface area contributed by atoms with Crippen molar-refractivity contribution in [2.24, 2.45) is 0 Å². The zero-order chi connectivity index (χ0) is 24.3. The molecular formula is C28H33ClN2O4. The fourth-order valence-corrected chi connectivity index (χ4v) is 4.13. The molecule has 0 spiro atoms. The molecule has 0 aromatic heterocycles. The number of nitrogens with one attached hydrogen (secondary N) is 1. The molecule has 0 unspecified atom stereocenters. The molecule has 1 N–H and O–H groups in total. The fourth-order valence-electron chi connectivity index (χ4n) is 3.94. The summed E-state index contributed by atoms with van der Waals surface area (Å²) in [4.78, 5) is 2.43. The molecule has 3 aromatic carbocycles. The average molecular weight is 497 g/mol. The molecule has 1 heterocycles. The first-order chi connectivity index (χ1) is 17.2. The molecule has 6 nitrogen and oxygen atoms in total. The van der Waals surface area contributed by atoms with Crippen LogP contribution in [0.15, 0.2) is 66.7 Å². The maximum absolute atomic E-state index is 6.11. The molecule has 1 aliphatic heterocycles. The molecule has 1 aliphatic rings. The monoisotopic (exact) mass is 496 g/mol. The maximum atomic E-state index is 6.11. The molecule has 0 atom stereocenters. The summed E-state index contributed by atoms with van der Waals surface area (Å²) >= 11 is 6.11. The summed E-state index contributed by atoms with van der Waals surface area (Å²) in [5, 5.41) is 4.10. The van der Waals surface area contributed by atoms with E-state index in [-0.39, 0.29) is 0 Å². The second-order valence-electron chi connectivity index (χ2n) is 8.42. The van der Waals surface area contributed by atoms with Gasteiger partial charge in [-0.1, -0.05) is 54.1 Å². The van der Waals surface area contributed by atoms with Crippen LogP contribution in [0.25, 0.3) is 0 Å². The van der Waals surface area contributed by atoms with Gasteiger partial charge in [0.25, 0.3) is 0 Å². The normalized spacial score (nSPS) is 14.0. The molecule has 186 valence electrons. The summed E-state index contributed by atoms with van der Waals surface area (Å²) in [6.07, 6.45) is 0. The van der Waals surface area contributed by atoms with Crippen molar-refractivity contribution in [3.05, 3.63) is 88.4 Å². The van der Waals surface area contributed by atoms with E-state index in [1.54, 1.807) is 13.2 Å². The van der Waals surface area contributed by atoms with Crippen molar-refractivity contribution >= 4 is 11.6 Å². The van der Waals surface area contributed by atoms with Crippen LogP contribution in [-0.4, -0.2) is 51.5 Å². The summed E-state index contributed by atoms with van der Waals surface area (Å²) in [5.41, 5.74) is 3.74. The highest BCUT2D eigenvalue weighted by atomic mass is 35.5. The van der Waals surface area contributed by atoms with E-state index < -0.39 is 0 Å². The van der Waals surface area contributed by atoms with Crippen LogP contribution in [0.4, 0.5) is 0 Å². The van der Waals surface area contributed by atoms with E-state index in [0.29, 0.717) is 35.5 Å². The molecule has 1 fully saturated rings. The Balaban J connectivity index is 1.20. The Morgan fingerprint density at radius 3 is 2.20 bits per heavy atom. The highest BCUT2D eigenvalue weighted by Crippen LogP contribution is 2.28. The highest BCUT2D eigenvalue weighted by molar-refractivity contribution is 6.32. The first-order valence-electron chi connectivity index (χ1n) is 12.0. The van der Waals surface area contributed by atoms with Crippen LogP contribution in [0, 0.1) is 0 Å². The number of benzene rings is 3. The van der Waals surface area contributed by atoms with Crippen LogP contribution in [0.5, 0.6) is 17.2 Å². The number of rotatable bonds is 12. The molecular weight excluding hydrogens is 464 g/mol. The standard InChI is InChI=1S/C28H33ClN2O4/c1-32-28-18-24(10-11-27(28)35-17-16-34-26-5-3-2-4-25(26)29)20-30-19-22-6-8-23(9-7-22)21-31-12-14-33-15-13-31/h2-11,18,30H,12-17,19-21H2,1H3. The van der Waals surface area contributed by atoms with E-state index in [4.69, 9.17) is 30.5 Å². The highest BCUT2D eigenvalue weighted by Gasteiger charge is 2.11. The number of morpholine rings is 1. The van der Waals surface area contributed by atoms with Crippen LogP contribution in [0.2, 0.25) is 5.02 Å². The first kappa shape index (κ1) is 25.3. The summed E-state index contributed by atoms with van der Waals surface area (Å²) in [5.74, 6) is 2.04. The van der Waals surface area contributed by atoms with Gasteiger partial charge in [-0.25, -0.2) is 0 Å². The topological polar surface area (TPSA) is 52.2 Å². The van der Waals surface area contributed by atoms with Crippen LogP contribution in [0.3, 0.4) is 0 Å². The number of methoxy groups -OCH3 is 1. The molecule has 35 heavy (non-hydrogen) atoms. The van der Waals surface area contributed by atoms with Crippen LogP contribution >= 0.6 is 11.6 Å². The van der Waals surface area contributed by atoms with Crippen molar-refractivity contribution in [3.8, 4) is 17.2 Å². The summed E-state index contributed by atoms with van der Waals surface area (Å²) in [7, 11) is 1.65. The van der Waals surface area contributed by atoms with E-state index in [1.807, 2.05) is 36.4 Å². The van der Waals surface area contributed by atoms with Gasteiger partial charge in [0.05, 0.1) is 25.3 Å². The lowest BCUT2D eigenvalue weighted by atomic mass is 10.1. The van der Waals surface area contributed by atoms with Gasteiger partial charge >= 0.3 is 0 Å². The largest absolute Gasteiger partial charge is 0.493 e. The third kappa shape index (κ3) is 7.87. The van der Waals surface area contributed by atoms with Gasteiger partial charge in [-0.2, -0.15) is 0 Å². The predicted octanol–water partition coefficient (Wildman–Crippen LogP) is 4.93. The quantitative estimate of drug-likeness (QED) is 0.359. The maximum Gasteiger partial charge on any atom is 0.161 e. The van der Waals surface area contributed by atoms with Crippen LogP contribution in [-0.2, 0) is 24.4 Å². The fraction of sp³-hybridized carbons (Fsp3) is 0.357. The Morgan fingerprint density at radius 1 is 0.800 bits per heavy atom. The Kier molecular flexibility index (Phi) is 9.66. The third-order valence-electron chi connectivity index (χ3n) is 5.85. The zero-order valence-corrected chi connectivity index (χ0v) is 20.9. The minimum atomic E-state index is 0.390. The van der Waals surface area contributed by atoms with Crippen molar-refractivity contribution in [1.82, 2.24) is 10.2 Å². The molecule has 4 rings (SSSR count). The Bertz CT molecular complexity index is 1060. The van der Waals surface area contributed by atoms with Gasteiger partial charge in [0.15, 0.2) is 11.5 Å². The molecule has 0 bridgehead atoms. The second kappa shape index (κ2) is 13.4. The van der Waals surface area contributed by atoms with E-state index >= 15 is 0 Å². The molecule has 1 saturated heterocycles. The van der Waals surface area contributed by atoms with E-state index in [0.717, 1.165) is 51.5 Å². The minimum Gasteiger partial charge on any atom is -0.493 e. The summed E-state index contributed by atoms with van der Waals surface area (Å²) in [6.45, 7) is 6.98. The van der Waals surface area contributed by atoms with Gasteiger partial charge in [-0.3, -0.25) is 4.90 Å². The molecule has 7 heteroatoms. The van der Waals surface area contributed by atoms with Gasteiger partial charge in [0.1, 0.15) is 19.0 Å². The second-order valence-corrected chi connectivity index (χ2v) is 8.83. The number of halogens is 1. The number of hydrogen-bond donors (Lipinski definition) is 1. The Morgan fingerprint density at radius 2 is 1.46 bits per heavy atom. The Labute approximate surface area is 212 Å². The lowest BCUT2D eigenvalue weighted by Crippen LogP contribution is -2.35. The predicted molar refractivity (Wildman–Crippen MR) is 139 cm³/mol. The van der Waals surface area contributed by atoms with Crippen molar-refractivity contribution in [2.45, 2.75) is 19.6 Å². The third-order valence-corrected chi connectivity index (χ3v) is 6.17. The van der Waals surface area contributed by atoms with Gasteiger partial charge in [0, 0.05) is 32.7 Å². The number of hydrogen-bond acceptors (Lipinski definition) is 6. The Hall–Kier alpha value is -2.77. The van der Waals surface area contributed by atoms with Crippen molar-refractivity contribution < 1.29 is 18.9 Å². The minimum absolute atomic E-state index is 0.390. The van der Waals surface area contributed by atoms with Gasteiger partial charge in [-0.15, -0.1) is 0 Å². The number of ether oxygens (including phenoxy) is 4. The lowest BCUT2D eigenvalue weighted by Gasteiger charge is -2.26. The molecule has 3 aromatic rings. The van der Waals surface area contributed by atoms with Crippen molar-refractivity contribution in [2.75, 3.05) is 46.6 Å². The molecule has 0 aliphatic carbocycles. The number of para-hydroxylation sites is 1. The van der Waals surface area contributed by atoms with Gasteiger partial charge < -0.3 is 24.3 Å². The van der Waals surface area contributed by atoms with Crippen LogP contribution in [0.1, 0.15) is 16.7 Å². The van der Waals surface area contributed by atoms with E-state index in [1.165, 1.54) is 11.1 Å². The van der Waals surface area contributed by atoms with E-state index in [9.17, 15) is 0 Å². The lowest BCUT2D eigenvalue weighted by molar-refractivity contribution is 0.0342. The van der Waals surface area contributed by atoms with Gasteiger partial charge in [-0.05, 0) is 41.0 Å². The smallest absolute Gasteiger partial charge is 0.161 e. The van der Waals surface area contributed by atoms with Crippen molar-refractivity contribution in [1.29, 1.82) is 0 Å². The van der Waals surface area contributed by atoms with Crippen molar-refractivity contribution in [3.63, 3.8) is 0 Å². The summed E-state index contributed by atoms with van der Waals surface area (Å²) in [6, 6.07) is 22.2. The van der Waals surface area contributed by atoms with Gasteiger partial charge in [0.2, 0.25) is 0 Å². The first-order valence-corrected chi connectivity index (χ1v) is 12.3. The molecule has 0 radical (unpaired) electrons.